The SMILES string of the molecule is NC1CCCC(C(=O)NCC(=O)Nc2cccc3cccnc23)C1. The average molecular weight is 326 g/mol. The minimum atomic E-state index is -0.262. The molecule has 3 rings (SSSR count). The lowest BCUT2D eigenvalue weighted by molar-refractivity contribution is -0.128. The highest BCUT2D eigenvalue weighted by atomic mass is 16.2. The van der Waals surface area contributed by atoms with E-state index in [0.29, 0.717) is 12.1 Å². The van der Waals surface area contributed by atoms with Crippen LogP contribution in [0.2, 0.25) is 0 Å². The van der Waals surface area contributed by atoms with Crippen LogP contribution in [-0.4, -0.2) is 29.4 Å². The lowest BCUT2D eigenvalue weighted by Crippen LogP contribution is -2.40. The number of nitrogens with one attached hydrogen (secondary N) is 2. The summed E-state index contributed by atoms with van der Waals surface area (Å²) in [4.78, 5) is 28.6. The first kappa shape index (κ1) is 16.4. The summed E-state index contributed by atoms with van der Waals surface area (Å²) in [6.45, 7) is -0.0478. The van der Waals surface area contributed by atoms with Gasteiger partial charge in [0.15, 0.2) is 0 Å². The lowest BCUT2D eigenvalue weighted by Gasteiger charge is -2.25. The summed E-state index contributed by atoms with van der Waals surface area (Å²) in [5, 5.41) is 6.48. The molecule has 0 saturated heterocycles. The topological polar surface area (TPSA) is 97.1 Å². The number of pyridine rings is 1. The molecule has 1 aromatic heterocycles. The molecular formula is C18H22N4O2. The fourth-order valence-electron chi connectivity index (χ4n) is 3.18. The van der Waals surface area contributed by atoms with Crippen molar-refractivity contribution in [3.05, 3.63) is 36.5 Å². The van der Waals surface area contributed by atoms with Crippen LogP contribution in [0.3, 0.4) is 0 Å². The first-order valence-electron chi connectivity index (χ1n) is 8.30. The van der Waals surface area contributed by atoms with E-state index in [9.17, 15) is 9.59 Å². The molecule has 2 atom stereocenters. The number of para-hydroxylation sites is 1. The zero-order valence-electron chi connectivity index (χ0n) is 13.5. The minimum absolute atomic E-state index is 0.0478. The van der Waals surface area contributed by atoms with Crippen molar-refractivity contribution in [3.63, 3.8) is 0 Å². The standard InChI is InChI=1S/C18H22N4O2/c19-14-7-1-5-13(10-14)18(24)21-11-16(23)22-15-8-2-4-12-6-3-9-20-17(12)15/h2-4,6,8-9,13-14H,1,5,7,10-11,19H2,(H,21,24)(H,22,23). The van der Waals surface area contributed by atoms with Gasteiger partial charge in [0.2, 0.25) is 11.8 Å². The molecule has 6 nitrogen and oxygen atoms in total. The molecule has 0 bridgehead atoms. The van der Waals surface area contributed by atoms with E-state index < -0.39 is 0 Å². The summed E-state index contributed by atoms with van der Waals surface area (Å²) < 4.78 is 0. The van der Waals surface area contributed by atoms with E-state index in [1.54, 1.807) is 12.3 Å². The van der Waals surface area contributed by atoms with Gasteiger partial charge in [-0.1, -0.05) is 24.6 Å². The summed E-state index contributed by atoms with van der Waals surface area (Å²) in [5.41, 5.74) is 7.29. The highest BCUT2D eigenvalue weighted by molar-refractivity contribution is 6.01. The van der Waals surface area contributed by atoms with Crippen LogP contribution in [-0.2, 0) is 9.59 Å². The molecule has 0 spiro atoms. The number of aromatic nitrogens is 1. The van der Waals surface area contributed by atoms with Gasteiger partial charge in [0.05, 0.1) is 17.7 Å². The molecule has 2 amide bonds. The maximum atomic E-state index is 12.2. The molecule has 1 saturated carbocycles. The van der Waals surface area contributed by atoms with Crippen molar-refractivity contribution in [2.75, 3.05) is 11.9 Å². The van der Waals surface area contributed by atoms with Crippen molar-refractivity contribution in [1.82, 2.24) is 10.3 Å². The van der Waals surface area contributed by atoms with Crippen molar-refractivity contribution in [2.45, 2.75) is 31.7 Å². The van der Waals surface area contributed by atoms with E-state index in [-0.39, 0.29) is 30.3 Å². The monoisotopic (exact) mass is 326 g/mol. The van der Waals surface area contributed by atoms with E-state index in [2.05, 4.69) is 15.6 Å². The van der Waals surface area contributed by atoms with Gasteiger partial charge in [-0.05, 0) is 31.4 Å². The van der Waals surface area contributed by atoms with Gasteiger partial charge >= 0.3 is 0 Å². The van der Waals surface area contributed by atoms with Crippen LogP contribution in [0.1, 0.15) is 25.7 Å². The van der Waals surface area contributed by atoms with Crippen molar-refractivity contribution < 1.29 is 9.59 Å². The molecule has 1 heterocycles. The van der Waals surface area contributed by atoms with Gasteiger partial charge in [0.1, 0.15) is 0 Å². The number of nitrogens with two attached hydrogens (primary N) is 1. The largest absolute Gasteiger partial charge is 0.347 e. The van der Waals surface area contributed by atoms with E-state index in [1.165, 1.54) is 0 Å². The quantitative estimate of drug-likeness (QED) is 0.798. The summed E-state index contributed by atoms with van der Waals surface area (Å²) in [6.07, 6.45) is 5.16. The molecule has 4 N–H and O–H groups in total. The molecule has 0 aliphatic heterocycles. The van der Waals surface area contributed by atoms with Gasteiger partial charge in [0, 0.05) is 23.5 Å². The van der Waals surface area contributed by atoms with Crippen LogP contribution in [0.15, 0.2) is 36.5 Å². The molecule has 126 valence electrons. The van der Waals surface area contributed by atoms with Crippen molar-refractivity contribution >= 4 is 28.4 Å². The molecule has 6 heteroatoms. The first-order valence-corrected chi connectivity index (χ1v) is 8.30. The number of hydrogen-bond acceptors (Lipinski definition) is 4. The third-order valence-corrected chi connectivity index (χ3v) is 4.42. The second-order valence-corrected chi connectivity index (χ2v) is 6.27. The fourth-order valence-corrected chi connectivity index (χ4v) is 3.18. The number of carbonyl (C=O) groups is 2. The summed E-state index contributed by atoms with van der Waals surface area (Å²) in [7, 11) is 0. The second kappa shape index (κ2) is 7.40. The van der Waals surface area contributed by atoms with E-state index in [4.69, 9.17) is 5.73 Å². The summed E-state index contributed by atoms with van der Waals surface area (Å²) >= 11 is 0. The van der Waals surface area contributed by atoms with Gasteiger partial charge in [-0.3, -0.25) is 14.6 Å². The van der Waals surface area contributed by atoms with Gasteiger partial charge in [-0.15, -0.1) is 0 Å². The molecule has 1 aliphatic rings. The van der Waals surface area contributed by atoms with Crippen LogP contribution in [0.25, 0.3) is 10.9 Å². The van der Waals surface area contributed by atoms with Crippen LogP contribution >= 0.6 is 0 Å². The average Bonchev–Trinajstić information content (AvgIpc) is 2.60. The van der Waals surface area contributed by atoms with Crippen molar-refractivity contribution in [3.8, 4) is 0 Å². The Kier molecular flexibility index (Phi) is 5.05. The molecule has 1 aromatic carbocycles. The molecule has 1 fully saturated rings. The molecular weight excluding hydrogens is 304 g/mol. The number of nitrogens with zero attached hydrogens (tertiary/aromatic N) is 1. The molecule has 2 aromatic rings. The Labute approximate surface area is 140 Å². The van der Waals surface area contributed by atoms with E-state index in [0.717, 1.165) is 30.2 Å². The fraction of sp³-hybridized carbons (Fsp3) is 0.389. The van der Waals surface area contributed by atoms with Crippen LogP contribution in [0, 0.1) is 5.92 Å². The predicted molar refractivity (Wildman–Crippen MR) is 93.3 cm³/mol. The zero-order valence-corrected chi connectivity index (χ0v) is 13.5. The maximum Gasteiger partial charge on any atom is 0.243 e. The highest BCUT2D eigenvalue weighted by Crippen LogP contribution is 2.23. The number of rotatable bonds is 4. The molecule has 0 radical (unpaired) electrons. The molecule has 2 unspecified atom stereocenters. The maximum absolute atomic E-state index is 12.2. The lowest BCUT2D eigenvalue weighted by atomic mass is 9.85. The van der Waals surface area contributed by atoms with Crippen LogP contribution in [0.4, 0.5) is 5.69 Å². The minimum Gasteiger partial charge on any atom is -0.347 e. The number of amides is 2. The van der Waals surface area contributed by atoms with Crippen LogP contribution in [0.5, 0.6) is 0 Å². The Morgan fingerprint density at radius 3 is 2.88 bits per heavy atom. The number of hydrogen-bond donors (Lipinski definition) is 3. The van der Waals surface area contributed by atoms with E-state index >= 15 is 0 Å². The Morgan fingerprint density at radius 1 is 1.21 bits per heavy atom. The van der Waals surface area contributed by atoms with Gasteiger partial charge < -0.3 is 16.4 Å². The van der Waals surface area contributed by atoms with E-state index in [1.807, 2.05) is 24.3 Å². The third-order valence-electron chi connectivity index (χ3n) is 4.42. The van der Waals surface area contributed by atoms with Crippen molar-refractivity contribution in [1.29, 1.82) is 0 Å². The number of benzene rings is 1. The zero-order chi connectivity index (χ0) is 16.9. The normalized spacial score (nSPS) is 20.5. The molecule has 1 aliphatic carbocycles. The smallest absolute Gasteiger partial charge is 0.243 e. The Bertz CT molecular complexity index is 741. The van der Waals surface area contributed by atoms with Gasteiger partial charge in [-0.25, -0.2) is 0 Å². The Morgan fingerprint density at radius 2 is 2.04 bits per heavy atom. The Hall–Kier alpha value is -2.47. The second-order valence-electron chi connectivity index (χ2n) is 6.27. The predicted octanol–water partition coefficient (Wildman–Crippen LogP) is 1.81. The van der Waals surface area contributed by atoms with Crippen molar-refractivity contribution in [2.24, 2.45) is 11.7 Å². The van der Waals surface area contributed by atoms with Gasteiger partial charge in [0.25, 0.3) is 0 Å². The number of carbonyl (C=O) groups excluding carboxylic acids is 2. The Balaban J connectivity index is 1.56. The van der Waals surface area contributed by atoms with Gasteiger partial charge in [-0.2, -0.15) is 0 Å². The van der Waals surface area contributed by atoms with Crippen LogP contribution < -0.4 is 16.4 Å². The molecule has 24 heavy (non-hydrogen) atoms. The highest BCUT2D eigenvalue weighted by Gasteiger charge is 2.25. The number of fused-ring (bicyclic) bond motifs is 1. The summed E-state index contributed by atoms with van der Waals surface area (Å²) in [5.74, 6) is -0.432. The summed E-state index contributed by atoms with van der Waals surface area (Å²) in [6, 6.07) is 9.47. The first-order chi connectivity index (χ1) is 11.6. The third kappa shape index (κ3) is 3.89. The number of anilines is 1.